The van der Waals surface area contributed by atoms with E-state index in [1.807, 2.05) is 13.0 Å². The molecule has 0 unspecified atom stereocenters. The summed E-state index contributed by atoms with van der Waals surface area (Å²) in [5.41, 5.74) is 2.33. The highest BCUT2D eigenvalue weighted by molar-refractivity contribution is 5.91. The fourth-order valence-electron chi connectivity index (χ4n) is 3.21. The summed E-state index contributed by atoms with van der Waals surface area (Å²) in [5, 5.41) is 3.94. The molecule has 1 aromatic heterocycles. The molecule has 2 amide bonds. The standard InChI is InChI=1S/C19H23FN4O2/c1-13-11-18(16-12-15(20)3-4-17(16)22-13)21-6-5-19(26)24-9-7-23(8-10-24)14(2)25/h3-4,11-12H,5-10H2,1-2H3,(H,21,22). The van der Waals surface area contributed by atoms with Crippen molar-refractivity contribution in [3.05, 3.63) is 35.8 Å². The van der Waals surface area contributed by atoms with Crippen LogP contribution >= 0.6 is 0 Å². The van der Waals surface area contributed by atoms with Crippen LogP contribution in [0, 0.1) is 12.7 Å². The second kappa shape index (κ2) is 7.68. The molecule has 0 bridgehead atoms. The lowest BCUT2D eigenvalue weighted by Gasteiger charge is -2.34. The number of hydrogen-bond donors (Lipinski definition) is 1. The van der Waals surface area contributed by atoms with Gasteiger partial charge in [0.1, 0.15) is 5.82 Å². The van der Waals surface area contributed by atoms with E-state index in [4.69, 9.17) is 0 Å². The maximum Gasteiger partial charge on any atom is 0.224 e. The first kappa shape index (κ1) is 18.1. The van der Waals surface area contributed by atoms with Gasteiger partial charge in [-0.1, -0.05) is 0 Å². The highest BCUT2D eigenvalue weighted by Crippen LogP contribution is 2.24. The minimum Gasteiger partial charge on any atom is -0.384 e. The summed E-state index contributed by atoms with van der Waals surface area (Å²) in [6.07, 6.45) is 0.345. The van der Waals surface area contributed by atoms with E-state index >= 15 is 0 Å². The number of nitrogens with zero attached hydrogens (tertiary/aromatic N) is 3. The Kier molecular flexibility index (Phi) is 5.35. The van der Waals surface area contributed by atoms with Gasteiger partial charge in [0.25, 0.3) is 0 Å². The third-order valence-corrected chi connectivity index (χ3v) is 4.63. The van der Waals surface area contributed by atoms with Crippen molar-refractivity contribution in [1.82, 2.24) is 14.8 Å². The van der Waals surface area contributed by atoms with Crippen LogP contribution in [-0.4, -0.2) is 59.3 Å². The van der Waals surface area contributed by atoms with E-state index in [2.05, 4.69) is 10.3 Å². The van der Waals surface area contributed by atoms with Gasteiger partial charge in [-0.3, -0.25) is 14.6 Å². The van der Waals surface area contributed by atoms with Gasteiger partial charge in [-0.2, -0.15) is 0 Å². The molecule has 1 fully saturated rings. The minimum absolute atomic E-state index is 0.0472. The molecule has 1 N–H and O–H groups in total. The number of carbonyl (C=O) groups excluding carboxylic acids is 2. The van der Waals surface area contributed by atoms with Crippen LogP contribution in [0.25, 0.3) is 10.9 Å². The van der Waals surface area contributed by atoms with Crippen molar-refractivity contribution in [3.63, 3.8) is 0 Å². The van der Waals surface area contributed by atoms with Crippen molar-refractivity contribution in [2.24, 2.45) is 0 Å². The van der Waals surface area contributed by atoms with Crippen LogP contribution in [0.1, 0.15) is 19.0 Å². The lowest BCUT2D eigenvalue weighted by Crippen LogP contribution is -2.50. The number of hydrogen-bond acceptors (Lipinski definition) is 4. The molecule has 2 heterocycles. The average molecular weight is 358 g/mol. The number of benzene rings is 1. The third-order valence-electron chi connectivity index (χ3n) is 4.63. The fourth-order valence-corrected chi connectivity index (χ4v) is 3.21. The van der Waals surface area contributed by atoms with E-state index in [1.54, 1.807) is 22.8 Å². The molecule has 1 saturated heterocycles. The predicted octanol–water partition coefficient (Wildman–Crippen LogP) is 2.18. The van der Waals surface area contributed by atoms with E-state index in [-0.39, 0.29) is 17.6 Å². The molecule has 7 heteroatoms. The summed E-state index contributed by atoms with van der Waals surface area (Å²) >= 11 is 0. The summed E-state index contributed by atoms with van der Waals surface area (Å²) < 4.78 is 13.6. The highest BCUT2D eigenvalue weighted by atomic mass is 19.1. The quantitative estimate of drug-likeness (QED) is 0.910. The molecule has 0 spiro atoms. The highest BCUT2D eigenvalue weighted by Gasteiger charge is 2.21. The number of piperazine rings is 1. The third kappa shape index (κ3) is 4.09. The van der Waals surface area contributed by atoms with Crippen LogP contribution in [-0.2, 0) is 9.59 Å². The van der Waals surface area contributed by atoms with Crippen LogP contribution in [0.4, 0.5) is 10.1 Å². The van der Waals surface area contributed by atoms with Crippen molar-refractivity contribution >= 4 is 28.4 Å². The van der Waals surface area contributed by atoms with Gasteiger partial charge in [-0.05, 0) is 31.2 Å². The molecule has 6 nitrogen and oxygen atoms in total. The Balaban J connectivity index is 1.58. The average Bonchev–Trinajstić information content (AvgIpc) is 2.62. The molecule has 0 saturated carbocycles. The van der Waals surface area contributed by atoms with Gasteiger partial charge in [0, 0.05) is 62.8 Å². The Morgan fingerprint density at radius 1 is 1.15 bits per heavy atom. The maximum absolute atomic E-state index is 13.6. The van der Waals surface area contributed by atoms with E-state index in [9.17, 15) is 14.0 Å². The summed E-state index contributed by atoms with van der Waals surface area (Å²) in [4.78, 5) is 31.6. The first-order valence-corrected chi connectivity index (χ1v) is 8.78. The number of halogens is 1. The zero-order valence-electron chi connectivity index (χ0n) is 15.1. The van der Waals surface area contributed by atoms with Gasteiger partial charge in [0.15, 0.2) is 0 Å². The molecule has 1 aliphatic rings. The molecule has 2 aromatic rings. The lowest BCUT2D eigenvalue weighted by molar-refractivity contribution is -0.138. The monoisotopic (exact) mass is 358 g/mol. The summed E-state index contributed by atoms with van der Waals surface area (Å²) in [5.74, 6) is -0.210. The van der Waals surface area contributed by atoms with Crippen LogP contribution in [0.5, 0.6) is 0 Å². The van der Waals surface area contributed by atoms with Crippen molar-refractivity contribution in [1.29, 1.82) is 0 Å². The Morgan fingerprint density at radius 2 is 1.85 bits per heavy atom. The van der Waals surface area contributed by atoms with Gasteiger partial charge in [0.05, 0.1) is 5.52 Å². The Bertz CT molecular complexity index is 832. The van der Waals surface area contributed by atoms with Crippen molar-refractivity contribution in [3.8, 4) is 0 Å². The number of pyridine rings is 1. The molecule has 1 aliphatic heterocycles. The number of amides is 2. The van der Waals surface area contributed by atoms with Crippen LogP contribution in [0.2, 0.25) is 0 Å². The van der Waals surface area contributed by atoms with Gasteiger partial charge in [0.2, 0.25) is 11.8 Å². The van der Waals surface area contributed by atoms with Gasteiger partial charge < -0.3 is 15.1 Å². The van der Waals surface area contributed by atoms with Crippen molar-refractivity contribution < 1.29 is 14.0 Å². The summed E-state index contributed by atoms with van der Waals surface area (Å²) in [7, 11) is 0. The largest absolute Gasteiger partial charge is 0.384 e. The lowest BCUT2D eigenvalue weighted by atomic mass is 10.1. The second-order valence-corrected chi connectivity index (χ2v) is 6.54. The smallest absolute Gasteiger partial charge is 0.224 e. The Hall–Kier alpha value is -2.70. The van der Waals surface area contributed by atoms with Gasteiger partial charge in [-0.15, -0.1) is 0 Å². The number of aromatic nitrogens is 1. The normalized spacial score (nSPS) is 14.6. The summed E-state index contributed by atoms with van der Waals surface area (Å²) in [6.45, 7) is 6.20. The zero-order chi connectivity index (χ0) is 18.7. The predicted molar refractivity (Wildman–Crippen MR) is 98.4 cm³/mol. The van der Waals surface area contributed by atoms with Crippen molar-refractivity contribution in [2.45, 2.75) is 20.3 Å². The molecule has 0 radical (unpaired) electrons. The van der Waals surface area contributed by atoms with E-state index in [0.29, 0.717) is 44.5 Å². The molecule has 0 atom stereocenters. The molecule has 1 aromatic carbocycles. The number of aryl methyl sites for hydroxylation is 1. The molecule has 26 heavy (non-hydrogen) atoms. The molecule has 138 valence electrons. The molecular weight excluding hydrogens is 335 g/mol. The summed E-state index contributed by atoms with van der Waals surface area (Å²) in [6, 6.07) is 6.36. The number of nitrogens with one attached hydrogen (secondary N) is 1. The number of anilines is 1. The van der Waals surface area contributed by atoms with Crippen LogP contribution < -0.4 is 5.32 Å². The van der Waals surface area contributed by atoms with E-state index < -0.39 is 0 Å². The zero-order valence-corrected chi connectivity index (χ0v) is 15.1. The SMILES string of the molecule is CC(=O)N1CCN(C(=O)CCNc2cc(C)nc3ccc(F)cc23)CC1. The van der Waals surface area contributed by atoms with Crippen LogP contribution in [0.3, 0.4) is 0 Å². The maximum atomic E-state index is 13.6. The Morgan fingerprint density at radius 3 is 2.54 bits per heavy atom. The first-order chi connectivity index (χ1) is 12.4. The number of carbonyl (C=O) groups is 2. The van der Waals surface area contributed by atoms with Gasteiger partial charge >= 0.3 is 0 Å². The molecular formula is C19H23FN4O2. The minimum atomic E-state index is -0.314. The van der Waals surface area contributed by atoms with Gasteiger partial charge in [-0.25, -0.2) is 4.39 Å². The second-order valence-electron chi connectivity index (χ2n) is 6.54. The van der Waals surface area contributed by atoms with Crippen molar-refractivity contribution in [2.75, 3.05) is 38.0 Å². The molecule has 0 aliphatic carbocycles. The van der Waals surface area contributed by atoms with E-state index in [0.717, 1.165) is 16.9 Å². The van der Waals surface area contributed by atoms with Crippen LogP contribution in [0.15, 0.2) is 24.3 Å². The molecule has 3 rings (SSSR count). The fraction of sp³-hybridized carbons (Fsp3) is 0.421. The topological polar surface area (TPSA) is 65.5 Å². The van der Waals surface area contributed by atoms with E-state index in [1.165, 1.54) is 12.1 Å². The Labute approximate surface area is 152 Å². The number of rotatable bonds is 4. The first-order valence-electron chi connectivity index (χ1n) is 8.78. The number of fused-ring (bicyclic) bond motifs is 1.